The Kier molecular flexibility index (Phi) is 7.31. The van der Waals surface area contributed by atoms with Gasteiger partial charge in [0.25, 0.3) is 0 Å². The normalized spacial score (nSPS) is 16.9. The van der Waals surface area contributed by atoms with Crippen molar-refractivity contribution in [1.29, 1.82) is 0 Å². The molecule has 1 aliphatic carbocycles. The molecule has 6 nitrogen and oxygen atoms in total. The van der Waals surface area contributed by atoms with Gasteiger partial charge in [-0.3, -0.25) is 0 Å². The summed E-state index contributed by atoms with van der Waals surface area (Å²) in [6.07, 6.45) is 1.97. The number of rotatable bonds is 7. The van der Waals surface area contributed by atoms with Crippen molar-refractivity contribution in [3.8, 4) is 0 Å². The zero-order chi connectivity index (χ0) is 22.4. The monoisotopic (exact) mass is 488 g/mol. The number of benzene rings is 2. The summed E-state index contributed by atoms with van der Waals surface area (Å²) in [5.74, 6) is -1.72. The first-order valence-electron chi connectivity index (χ1n) is 9.71. The fourth-order valence-electron chi connectivity index (χ4n) is 3.77. The number of allylic oxidation sites excluding steroid dienone is 1. The quantitative estimate of drug-likeness (QED) is 0.259. The first-order chi connectivity index (χ1) is 14.9. The molecule has 1 aliphatic rings. The van der Waals surface area contributed by atoms with Gasteiger partial charge in [0, 0.05) is 0 Å². The molecule has 0 N–H and O–H groups in total. The molecule has 162 valence electrons. The van der Waals surface area contributed by atoms with Gasteiger partial charge < -0.3 is 0 Å². The number of esters is 3. The third-order valence-electron chi connectivity index (χ3n) is 5.34. The Labute approximate surface area is 187 Å². The average molecular weight is 487 g/mol. The van der Waals surface area contributed by atoms with E-state index in [0.29, 0.717) is 5.56 Å². The molecule has 0 saturated heterocycles. The van der Waals surface area contributed by atoms with Crippen molar-refractivity contribution in [3.63, 3.8) is 0 Å². The second kappa shape index (κ2) is 9.94. The van der Waals surface area contributed by atoms with Crippen molar-refractivity contribution in [3.05, 3.63) is 71.8 Å². The van der Waals surface area contributed by atoms with Crippen LogP contribution in [-0.4, -0.2) is 54.2 Å². The molecule has 0 bridgehead atoms. The van der Waals surface area contributed by atoms with Crippen LogP contribution in [0.1, 0.15) is 22.3 Å². The summed E-state index contributed by atoms with van der Waals surface area (Å²) in [7, 11) is 3.87. The topological polar surface area (TPSA) is 78.9 Å². The second-order valence-electron chi connectivity index (χ2n) is 7.15. The van der Waals surface area contributed by atoms with Gasteiger partial charge in [0.1, 0.15) is 0 Å². The Morgan fingerprint density at radius 2 is 1.52 bits per heavy atom. The van der Waals surface area contributed by atoms with Crippen molar-refractivity contribution in [2.24, 2.45) is 11.3 Å². The van der Waals surface area contributed by atoms with Gasteiger partial charge in [0.2, 0.25) is 0 Å². The molecule has 7 heteroatoms. The van der Waals surface area contributed by atoms with Crippen LogP contribution in [0.2, 0.25) is 5.32 Å². The van der Waals surface area contributed by atoms with Crippen LogP contribution in [0, 0.1) is 11.3 Å². The van der Waals surface area contributed by atoms with Gasteiger partial charge in [-0.1, -0.05) is 0 Å². The zero-order valence-electron chi connectivity index (χ0n) is 17.6. The Balaban J connectivity index is 1.98. The van der Waals surface area contributed by atoms with Crippen molar-refractivity contribution in [1.82, 2.24) is 0 Å². The molecule has 0 radical (unpaired) electrons. The van der Waals surface area contributed by atoms with E-state index in [-0.39, 0.29) is 27.3 Å². The van der Waals surface area contributed by atoms with E-state index < -0.39 is 23.3 Å². The van der Waals surface area contributed by atoms with E-state index in [1.54, 1.807) is 18.2 Å². The first-order valence-corrected chi connectivity index (χ1v) is 11.8. The molecule has 31 heavy (non-hydrogen) atoms. The van der Waals surface area contributed by atoms with Gasteiger partial charge in [-0.15, -0.1) is 0 Å². The van der Waals surface area contributed by atoms with Gasteiger partial charge in [-0.05, 0) is 0 Å². The van der Waals surface area contributed by atoms with E-state index in [4.69, 9.17) is 14.2 Å². The molecule has 3 rings (SSSR count). The van der Waals surface area contributed by atoms with E-state index in [1.807, 2.05) is 30.3 Å². The molecule has 2 aromatic carbocycles. The Hall–Kier alpha value is -2.89. The van der Waals surface area contributed by atoms with E-state index in [9.17, 15) is 14.4 Å². The number of hydrogen-bond acceptors (Lipinski definition) is 6. The molecule has 0 saturated carbocycles. The van der Waals surface area contributed by atoms with Crippen molar-refractivity contribution in [2.45, 2.75) is 11.7 Å². The van der Waals surface area contributed by atoms with E-state index in [1.165, 1.54) is 25.8 Å². The fourth-order valence-corrected chi connectivity index (χ4v) is 5.95. The summed E-state index contributed by atoms with van der Waals surface area (Å²) >= 11 is 0.152. The second-order valence-corrected chi connectivity index (χ2v) is 9.44. The maximum atomic E-state index is 12.7. The third kappa shape index (κ3) is 4.73. The fraction of sp³-hybridized carbons (Fsp3) is 0.292. The minimum atomic E-state index is -1.47. The number of carbonyl (C=O) groups is 3. The summed E-state index contributed by atoms with van der Waals surface area (Å²) in [6, 6.07) is 17.1. The summed E-state index contributed by atoms with van der Waals surface area (Å²) in [5.41, 5.74) is 0.681. The summed E-state index contributed by atoms with van der Waals surface area (Å²) < 4.78 is 16.0. The SMILES string of the molecule is COC(=O)c1ccc(C2=CC(C(=O)OC)(C(=O)OC)CC2C[Se]c2ccccc2)cc1. The van der Waals surface area contributed by atoms with E-state index >= 15 is 0 Å². The summed E-state index contributed by atoms with van der Waals surface area (Å²) in [4.78, 5) is 37.2. The van der Waals surface area contributed by atoms with Crippen LogP contribution in [0.4, 0.5) is 0 Å². The van der Waals surface area contributed by atoms with Crippen LogP contribution in [0.5, 0.6) is 0 Å². The van der Waals surface area contributed by atoms with Crippen LogP contribution in [-0.2, 0) is 23.8 Å². The number of ether oxygens (including phenoxy) is 3. The van der Waals surface area contributed by atoms with Gasteiger partial charge in [0.05, 0.1) is 0 Å². The molecule has 1 atom stereocenters. The van der Waals surface area contributed by atoms with Gasteiger partial charge in [-0.2, -0.15) is 0 Å². The molecular formula is C24H24O6Se. The molecule has 2 aromatic rings. The molecule has 0 heterocycles. The molecule has 0 amide bonds. The molecule has 1 unspecified atom stereocenters. The maximum absolute atomic E-state index is 12.7. The van der Waals surface area contributed by atoms with Crippen LogP contribution < -0.4 is 4.46 Å². The molecule has 0 aliphatic heterocycles. The Morgan fingerprint density at radius 1 is 0.903 bits per heavy atom. The number of methoxy groups -OCH3 is 3. The van der Waals surface area contributed by atoms with Crippen LogP contribution in [0.3, 0.4) is 0 Å². The molecule has 0 spiro atoms. The molecule has 0 fully saturated rings. The van der Waals surface area contributed by atoms with Gasteiger partial charge in [-0.25, -0.2) is 0 Å². The van der Waals surface area contributed by atoms with Crippen molar-refractivity contribution < 1.29 is 28.6 Å². The average Bonchev–Trinajstić information content (AvgIpc) is 3.22. The number of hydrogen-bond donors (Lipinski definition) is 0. The number of carbonyl (C=O) groups excluding carboxylic acids is 3. The predicted molar refractivity (Wildman–Crippen MR) is 117 cm³/mol. The predicted octanol–water partition coefficient (Wildman–Crippen LogP) is 2.66. The third-order valence-corrected chi connectivity index (χ3v) is 7.81. The first kappa shape index (κ1) is 22.8. The van der Waals surface area contributed by atoms with Crippen LogP contribution in [0.15, 0.2) is 60.7 Å². The standard InChI is InChI=1S/C24H24O6Se/c1-28-21(25)17-11-9-16(10-12-17)20-14-24(22(26)29-2,23(27)30-3)13-18(20)15-31-19-7-5-4-6-8-19/h4-12,14,18H,13,15H2,1-3H3. The van der Waals surface area contributed by atoms with Gasteiger partial charge in [0.15, 0.2) is 0 Å². The summed E-state index contributed by atoms with van der Waals surface area (Å²) in [6.45, 7) is 0. The Bertz CT molecular complexity index is 965. The zero-order valence-corrected chi connectivity index (χ0v) is 19.3. The van der Waals surface area contributed by atoms with Crippen LogP contribution >= 0.6 is 0 Å². The summed E-state index contributed by atoms with van der Waals surface area (Å²) in [5, 5.41) is 0.803. The van der Waals surface area contributed by atoms with Crippen molar-refractivity contribution >= 4 is 42.9 Å². The van der Waals surface area contributed by atoms with E-state index in [2.05, 4.69) is 12.1 Å². The molecule has 0 aromatic heterocycles. The minimum absolute atomic E-state index is 0.0395. The Morgan fingerprint density at radius 3 is 2.06 bits per heavy atom. The van der Waals surface area contributed by atoms with Crippen molar-refractivity contribution in [2.75, 3.05) is 21.3 Å². The van der Waals surface area contributed by atoms with E-state index in [0.717, 1.165) is 16.5 Å². The van der Waals surface area contributed by atoms with Crippen LogP contribution in [0.25, 0.3) is 5.57 Å². The molecular weight excluding hydrogens is 463 g/mol. The van der Waals surface area contributed by atoms with Gasteiger partial charge >= 0.3 is 188 Å².